The minimum absolute atomic E-state index is 0.000283. The first-order valence-electron chi connectivity index (χ1n) is 19.0. The molecule has 53 heavy (non-hydrogen) atoms. The van der Waals surface area contributed by atoms with Crippen molar-refractivity contribution < 1.29 is 18.4 Å². The molecule has 0 unspecified atom stereocenters. The van der Waals surface area contributed by atoms with E-state index in [0.717, 1.165) is 99.4 Å². The lowest BCUT2D eigenvalue weighted by Gasteiger charge is -2.51. The van der Waals surface area contributed by atoms with E-state index in [1.54, 1.807) is 43.2 Å². The van der Waals surface area contributed by atoms with Crippen molar-refractivity contribution in [1.29, 1.82) is 0 Å². The second kappa shape index (κ2) is 13.3. The summed E-state index contributed by atoms with van der Waals surface area (Å²) in [6.45, 7) is 7.41. The van der Waals surface area contributed by atoms with E-state index < -0.39 is 6.43 Å². The molecular formula is C39H46F2N10O2. The lowest BCUT2D eigenvalue weighted by Crippen LogP contribution is -2.54. The predicted molar refractivity (Wildman–Crippen MR) is 195 cm³/mol. The average Bonchev–Trinajstić information content (AvgIpc) is 3.91. The number of halogens is 2. The standard InChI is InChI=1S/C39H46F2N10O2/c1-25(53)48-14-9-34-33(22-48)38(50-11-3-4-26-16-31(27-20-42-46(2)21-27)32(37(40)41)17-35(26)50)45-51(34)29-7-12-47(13-8-29)30-18-39(19-30)10-15-49(24-39)36-6-5-28(23-52)43-44-36/h5-6,16-17,20-21,23,29-30,37H,3-4,7-15,18-19,22,24H2,1-2H3. The number of aryl methyl sites for hydroxylation is 2. The summed E-state index contributed by atoms with van der Waals surface area (Å²) >= 11 is 0. The Morgan fingerprint density at radius 2 is 1.85 bits per heavy atom. The molecule has 1 aliphatic carbocycles. The number of alkyl halides is 2. The highest BCUT2D eigenvalue weighted by atomic mass is 19.3. The quantitative estimate of drug-likeness (QED) is 0.228. The highest BCUT2D eigenvalue weighted by Crippen LogP contribution is 2.51. The van der Waals surface area contributed by atoms with Crippen molar-refractivity contribution in [2.75, 3.05) is 49.1 Å². The number of piperidine rings is 1. The Balaban J connectivity index is 0.936. The van der Waals surface area contributed by atoms with Gasteiger partial charge in [-0.25, -0.2) is 8.78 Å². The van der Waals surface area contributed by atoms with Crippen LogP contribution in [0.4, 0.5) is 26.1 Å². The Labute approximate surface area is 307 Å². The summed E-state index contributed by atoms with van der Waals surface area (Å²) in [5, 5.41) is 17.9. The summed E-state index contributed by atoms with van der Waals surface area (Å²) < 4.78 is 33.2. The highest BCUT2D eigenvalue weighted by molar-refractivity contribution is 5.78. The van der Waals surface area contributed by atoms with Crippen LogP contribution in [0.3, 0.4) is 0 Å². The van der Waals surface area contributed by atoms with Crippen LogP contribution in [0.15, 0.2) is 36.7 Å². The number of likely N-dealkylation sites (tertiary alicyclic amines) is 1. The Hall–Kier alpha value is -4.72. The summed E-state index contributed by atoms with van der Waals surface area (Å²) in [7, 11) is 1.79. The monoisotopic (exact) mass is 724 g/mol. The topological polar surface area (TPSA) is 109 Å². The zero-order valence-electron chi connectivity index (χ0n) is 30.4. The van der Waals surface area contributed by atoms with Gasteiger partial charge >= 0.3 is 0 Å². The average molecular weight is 725 g/mol. The second-order valence-electron chi connectivity index (χ2n) is 15.8. The molecule has 2 saturated heterocycles. The molecule has 278 valence electrons. The van der Waals surface area contributed by atoms with Crippen molar-refractivity contribution in [3.8, 4) is 11.1 Å². The maximum absolute atomic E-state index is 14.7. The van der Waals surface area contributed by atoms with Crippen LogP contribution < -0.4 is 9.80 Å². The molecule has 1 spiro atoms. The molecule has 1 aromatic carbocycles. The summed E-state index contributed by atoms with van der Waals surface area (Å²) in [5.41, 5.74) is 5.94. The molecule has 12 nitrogen and oxygen atoms in total. The van der Waals surface area contributed by atoms with Crippen LogP contribution in [-0.4, -0.2) is 97.1 Å². The van der Waals surface area contributed by atoms with Gasteiger partial charge in [0.15, 0.2) is 17.9 Å². The van der Waals surface area contributed by atoms with Gasteiger partial charge in [-0.15, -0.1) is 10.2 Å². The van der Waals surface area contributed by atoms with Crippen molar-refractivity contribution in [3.63, 3.8) is 0 Å². The fourth-order valence-corrected chi connectivity index (χ4v) is 9.80. The van der Waals surface area contributed by atoms with Gasteiger partial charge in [-0.2, -0.15) is 10.2 Å². The van der Waals surface area contributed by atoms with Gasteiger partial charge in [-0.3, -0.25) is 19.0 Å². The van der Waals surface area contributed by atoms with Crippen molar-refractivity contribution in [3.05, 3.63) is 64.7 Å². The van der Waals surface area contributed by atoms with E-state index in [4.69, 9.17) is 5.10 Å². The Morgan fingerprint density at radius 3 is 2.55 bits per heavy atom. The summed E-state index contributed by atoms with van der Waals surface area (Å²) in [6, 6.07) is 8.06. The number of aldehydes is 1. The van der Waals surface area contributed by atoms with Crippen LogP contribution in [-0.2, 0) is 31.2 Å². The Kier molecular flexibility index (Phi) is 8.55. The van der Waals surface area contributed by atoms with Crippen LogP contribution >= 0.6 is 0 Å². The third-order valence-corrected chi connectivity index (χ3v) is 12.6. The molecule has 3 fully saturated rings. The first kappa shape index (κ1) is 34.1. The smallest absolute Gasteiger partial charge is 0.264 e. The predicted octanol–water partition coefficient (Wildman–Crippen LogP) is 5.51. The maximum atomic E-state index is 14.7. The number of amides is 1. The van der Waals surface area contributed by atoms with Gasteiger partial charge in [0.05, 0.1) is 18.8 Å². The first-order valence-corrected chi connectivity index (χ1v) is 19.0. The molecule has 14 heteroatoms. The van der Waals surface area contributed by atoms with Gasteiger partial charge in [0.2, 0.25) is 5.91 Å². The number of hydrogen-bond acceptors (Lipinski definition) is 9. The minimum Gasteiger partial charge on any atom is -0.355 e. The third-order valence-electron chi connectivity index (χ3n) is 12.6. The summed E-state index contributed by atoms with van der Waals surface area (Å²) in [6.07, 6.45) is 9.45. The van der Waals surface area contributed by atoms with E-state index in [2.05, 4.69) is 34.7 Å². The van der Waals surface area contributed by atoms with Crippen molar-refractivity contribution in [2.24, 2.45) is 12.5 Å². The van der Waals surface area contributed by atoms with Crippen LogP contribution in [0, 0.1) is 5.41 Å². The molecule has 4 aliphatic heterocycles. The fourth-order valence-electron chi connectivity index (χ4n) is 9.80. The van der Waals surface area contributed by atoms with Gasteiger partial charge in [0.25, 0.3) is 6.43 Å². The van der Waals surface area contributed by atoms with E-state index in [9.17, 15) is 18.4 Å². The second-order valence-corrected chi connectivity index (χ2v) is 15.8. The van der Waals surface area contributed by atoms with Crippen molar-refractivity contribution >= 4 is 29.5 Å². The number of carbonyl (C=O) groups excluding carboxylic acids is 2. The largest absolute Gasteiger partial charge is 0.355 e. The minimum atomic E-state index is -2.64. The first-order chi connectivity index (χ1) is 25.7. The molecule has 4 aromatic rings. The number of hydrogen-bond donors (Lipinski definition) is 0. The van der Waals surface area contributed by atoms with Crippen LogP contribution in [0.5, 0.6) is 0 Å². The highest BCUT2D eigenvalue weighted by Gasteiger charge is 2.51. The van der Waals surface area contributed by atoms with Crippen molar-refractivity contribution in [1.82, 2.24) is 39.6 Å². The summed E-state index contributed by atoms with van der Waals surface area (Å²) in [4.78, 5) is 32.6. The molecule has 9 rings (SSSR count). The normalized spacial score (nSPS) is 23.4. The Bertz CT molecular complexity index is 2030. The SMILES string of the molecule is CC(=O)N1CCc2c(c(N3CCCc4cc(-c5cnn(C)c5)c(C(F)F)cc43)nn2C2CCN(C3CC4(CCN(c5ccc(C=O)nn5)C4)C3)CC2)C1. The molecule has 0 bridgehead atoms. The van der Waals surface area contributed by atoms with Crippen molar-refractivity contribution in [2.45, 2.75) is 83.3 Å². The molecular weight excluding hydrogens is 678 g/mol. The van der Waals surface area contributed by atoms with E-state index >= 15 is 0 Å². The molecule has 5 aliphatic rings. The van der Waals surface area contributed by atoms with Gasteiger partial charge in [0, 0.05) is 100.0 Å². The van der Waals surface area contributed by atoms with E-state index in [1.807, 2.05) is 17.0 Å². The number of anilines is 3. The van der Waals surface area contributed by atoms with E-state index in [1.165, 1.54) is 18.5 Å². The number of rotatable bonds is 7. The van der Waals surface area contributed by atoms with Crippen LogP contribution in [0.2, 0.25) is 0 Å². The van der Waals surface area contributed by atoms with Gasteiger partial charge < -0.3 is 19.6 Å². The number of aromatic nitrogens is 6. The number of nitrogens with zero attached hydrogens (tertiary/aromatic N) is 10. The number of carbonyl (C=O) groups is 2. The lowest BCUT2D eigenvalue weighted by atomic mass is 9.64. The van der Waals surface area contributed by atoms with Crippen LogP contribution in [0.25, 0.3) is 11.1 Å². The molecule has 1 amide bonds. The van der Waals surface area contributed by atoms with Gasteiger partial charge in [-0.05, 0) is 85.8 Å². The van der Waals surface area contributed by atoms with E-state index in [-0.39, 0.29) is 17.5 Å². The fraction of sp³-hybridized carbons (Fsp3) is 0.538. The lowest BCUT2D eigenvalue weighted by molar-refractivity contribution is -0.129. The molecule has 7 heterocycles. The molecule has 3 aromatic heterocycles. The maximum Gasteiger partial charge on any atom is 0.264 e. The zero-order valence-corrected chi connectivity index (χ0v) is 30.4. The molecule has 0 atom stereocenters. The summed E-state index contributed by atoms with van der Waals surface area (Å²) in [5.74, 6) is 1.69. The van der Waals surface area contributed by atoms with Gasteiger partial charge in [0.1, 0.15) is 5.69 Å². The molecule has 0 radical (unpaired) electrons. The number of fused-ring (bicyclic) bond motifs is 2. The van der Waals surface area contributed by atoms with Crippen LogP contribution in [0.1, 0.15) is 90.8 Å². The van der Waals surface area contributed by atoms with Gasteiger partial charge in [-0.1, -0.05) is 0 Å². The Morgan fingerprint density at radius 1 is 1.02 bits per heavy atom. The zero-order chi connectivity index (χ0) is 36.4. The molecule has 1 saturated carbocycles. The molecule has 0 N–H and O–H groups in total. The van der Waals surface area contributed by atoms with E-state index in [0.29, 0.717) is 47.9 Å². The third kappa shape index (κ3) is 6.08. The number of benzene rings is 1.